The third-order valence-corrected chi connectivity index (χ3v) is 4.31. The summed E-state index contributed by atoms with van der Waals surface area (Å²) < 4.78 is 5.45. The SMILES string of the molecule is CCOC(=N)C(CCCCl)C1C=CC(c2ccccc2)=CC1. The molecule has 1 N–H and O–H groups in total. The fourth-order valence-electron chi connectivity index (χ4n) is 2.88. The Balaban J connectivity index is 2.05. The summed E-state index contributed by atoms with van der Waals surface area (Å²) >= 11 is 5.83. The minimum atomic E-state index is 0.128. The van der Waals surface area contributed by atoms with Crippen molar-refractivity contribution in [1.29, 1.82) is 5.41 Å². The quantitative estimate of drug-likeness (QED) is 0.413. The van der Waals surface area contributed by atoms with Gasteiger partial charge in [-0.05, 0) is 43.2 Å². The van der Waals surface area contributed by atoms with Gasteiger partial charge in [0.25, 0.3) is 0 Å². The Morgan fingerprint density at radius 2 is 2.14 bits per heavy atom. The third kappa shape index (κ3) is 4.48. The lowest BCUT2D eigenvalue weighted by atomic mass is 9.81. The highest BCUT2D eigenvalue weighted by Gasteiger charge is 2.25. The number of rotatable bonds is 7. The van der Waals surface area contributed by atoms with Gasteiger partial charge in [0.2, 0.25) is 0 Å². The highest BCUT2D eigenvalue weighted by Crippen LogP contribution is 2.31. The van der Waals surface area contributed by atoms with Gasteiger partial charge in [0.1, 0.15) is 0 Å². The zero-order valence-electron chi connectivity index (χ0n) is 13.1. The smallest absolute Gasteiger partial charge is 0.184 e. The van der Waals surface area contributed by atoms with E-state index in [1.165, 1.54) is 11.1 Å². The maximum atomic E-state index is 8.16. The van der Waals surface area contributed by atoms with Crippen LogP contribution in [0.25, 0.3) is 5.57 Å². The van der Waals surface area contributed by atoms with Crippen LogP contribution in [-0.4, -0.2) is 18.4 Å². The van der Waals surface area contributed by atoms with E-state index < -0.39 is 0 Å². The third-order valence-electron chi connectivity index (χ3n) is 4.04. The van der Waals surface area contributed by atoms with E-state index in [0.717, 1.165) is 19.3 Å². The van der Waals surface area contributed by atoms with Crippen molar-refractivity contribution in [1.82, 2.24) is 0 Å². The van der Waals surface area contributed by atoms with E-state index in [4.69, 9.17) is 21.7 Å². The molecule has 1 aromatic rings. The second kappa shape index (κ2) is 8.79. The second-order valence-electron chi connectivity index (χ2n) is 5.52. The first-order valence-corrected chi connectivity index (χ1v) is 8.50. The van der Waals surface area contributed by atoms with Crippen LogP contribution in [0.2, 0.25) is 0 Å². The van der Waals surface area contributed by atoms with E-state index in [-0.39, 0.29) is 5.92 Å². The van der Waals surface area contributed by atoms with Crippen LogP contribution in [0.15, 0.2) is 48.6 Å². The van der Waals surface area contributed by atoms with Gasteiger partial charge in [0.05, 0.1) is 6.61 Å². The van der Waals surface area contributed by atoms with Crippen LogP contribution in [0, 0.1) is 17.2 Å². The van der Waals surface area contributed by atoms with Gasteiger partial charge >= 0.3 is 0 Å². The van der Waals surface area contributed by atoms with Crippen molar-refractivity contribution in [3.05, 3.63) is 54.1 Å². The molecular weight excluding hydrogens is 294 g/mol. The van der Waals surface area contributed by atoms with E-state index in [9.17, 15) is 0 Å². The van der Waals surface area contributed by atoms with Gasteiger partial charge in [-0.2, -0.15) is 0 Å². The van der Waals surface area contributed by atoms with Crippen molar-refractivity contribution < 1.29 is 4.74 Å². The molecule has 0 saturated heterocycles. The second-order valence-corrected chi connectivity index (χ2v) is 5.90. The fraction of sp³-hybridized carbons (Fsp3) is 0.421. The molecule has 118 valence electrons. The number of allylic oxidation sites excluding steroid dienone is 4. The molecule has 22 heavy (non-hydrogen) atoms. The minimum Gasteiger partial charge on any atom is -0.481 e. The van der Waals surface area contributed by atoms with Crippen molar-refractivity contribution in [2.45, 2.75) is 26.2 Å². The summed E-state index contributed by atoms with van der Waals surface area (Å²) in [5.41, 5.74) is 2.50. The normalized spacial score (nSPS) is 18.6. The Labute approximate surface area is 138 Å². The van der Waals surface area contributed by atoms with Crippen LogP contribution in [0.4, 0.5) is 0 Å². The topological polar surface area (TPSA) is 33.1 Å². The molecule has 1 aromatic carbocycles. The van der Waals surface area contributed by atoms with Gasteiger partial charge in [0.15, 0.2) is 5.90 Å². The summed E-state index contributed by atoms with van der Waals surface area (Å²) in [6.07, 6.45) is 9.45. The Kier molecular flexibility index (Phi) is 6.73. The zero-order chi connectivity index (χ0) is 15.8. The highest BCUT2D eigenvalue weighted by atomic mass is 35.5. The highest BCUT2D eigenvalue weighted by molar-refractivity contribution is 6.17. The molecule has 0 saturated carbocycles. The van der Waals surface area contributed by atoms with Gasteiger partial charge in [-0.25, -0.2) is 0 Å². The molecule has 2 rings (SSSR count). The maximum Gasteiger partial charge on any atom is 0.184 e. The number of benzene rings is 1. The van der Waals surface area contributed by atoms with E-state index in [1.807, 2.05) is 13.0 Å². The number of alkyl halides is 1. The van der Waals surface area contributed by atoms with Gasteiger partial charge in [-0.1, -0.05) is 48.6 Å². The van der Waals surface area contributed by atoms with E-state index in [0.29, 0.717) is 24.3 Å². The van der Waals surface area contributed by atoms with E-state index in [1.54, 1.807) is 0 Å². The first-order chi connectivity index (χ1) is 10.8. The van der Waals surface area contributed by atoms with Crippen LogP contribution in [0.3, 0.4) is 0 Å². The molecule has 0 aliphatic heterocycles. The number of hydrogen-bond donors (Lipinski definition) is 1. The number of nitrogens with one attached hydrogen (secondary N) is 1. The monoisotopic (exact) mass is 317 g/mol. The van der Waals surface area contributed by atoms with E-state index in [2.05, 4.69) is 42.5 Å². The van der Waals surface area contributed by atoms with Gasteiger partial charge in [-0.3, -0.25) is 5.41 Å². The van der Waals surface area contributed by atoms with Crippen molar-refractivity contribution in [3.8, 4) is 0 Å². The molecule has 0 bridgehead atoms. The molecule has 2 atom stereocenters. The summed E-state index contributed by atoms with van der Waals surface area (Å²) in [5, 5.41) is 8.16. The Morgan fingerprint density at radius 1 is 1.36 bits per heavy atom. The lowest BCUT2D eigenvalue weighted by molar-refractivity contribution is 0.275. The molecule has 1 aliphatic carbocycles. The lowest BCUT2D eigenvalue weighted by Gasteiger charge is -2.26. The molecule has 1 aliphatic rings. The van der Waals surface area contributed by atoms with Crippen LogP contribution in [0.5, 0.6) is 0 Å². The molecule has 2 nitrogen and oxygen atoms in total. The maximum absolute atomic E-state index is 8.16. The van der Waals surface area contributed by atoms with Crippen LogP contribution < -0.4 is 0 Å². The zero-order valence-corrected chi connectivity index (χ0v) is 13.9. The van der Waals surface area contributed by atoms with E-state index >= 15 is 0 Å². The van der Waals surface area contributed by atoms with Gasteiger partial charge in [-0.15, -0.1) is 11.6 Å². The van der Waals surface area contributed by atoms with Crippen LogP contribution >= 0.6 is 11.6 Å². The molecule has 2 unspecified atom stereocenters. The Morgan fingerprint density at radius 3 is 2.73 bits per heavy atom. The standard InChI is InChI=1S/C19H24ClNO/c1-2-22-19(21)18(9-6-14-20)17-12-10-16(11-13-17)15-7-4-3-5-8-15/h3-5,7-8,10-12,17-18,21H,2,6,9,13-14H2,1H3. The largest absolute Gasteiger partial charge is 0.481 e. The molecule has 0 aromatic heterocycles. The minimum absolute atomic E-state index is 0.128. The summed E-state index contributed by atoms with van der Waals surface area (Å²) in [6, 6.07) is 10.4. The first-order valence-electron chi connectivity index (χ1n) is 7.97. The van der Waals surface area contributed by atoms with Crippen molar-refractivity contribution in [3.63, 3.8) is 0 Å². The molecular formula is C19H24ClNO. The Hall–Kier alpha value is -1.54. The first kappa shape index (κ1) is 16.8. The number of ether oxygens (including phenoxy) is 1. The molecule has 3 heteroatoms. The summed E-state index contributed by atoms with van der Waals surface area (Å²) in [6.45, 7) is 2.48. The summed E-state index contributed by atoms with van der Waals surface area (Å²) in [5.74, 6) is 1.49. The molecule has 0 spiro atoms. The van der Waals surface area contributed by atoms with Gasteiger partial charge < -0.3 is 4.74 Å². The molecule has 0 fully saturated rings. The average Bonchev–Trinajstić information content (AvgIpc) is 2.57. The van der Waals surface area contributed by atoms with Crippen LogP contribution in [0.1, 0.15) is 31.7 Å². The molecule has 0 amide bonds. The average molecular weight is 318 g/mol. The van der Waals surface area contributed by atoms with Crippen molar-refractivity contribution in [2.24, 2.45) is 11.8 Å². The van der Waals surface area contributed by atoms with Crippen molar-refractivity contribution >= 4 is 23.1 Å². The fourth-order valence-corrected chi connectivity index (χ4v) is 3.03. The lowest BCUT2D eigenvalue weighted by Crippen LogP contribution is -2.25. The predicted molar refractivity (Wildman–Crippen MR) is 94.5 cm³/mol. The summed E-state index contributed by atoms with van der Waals surface area (Å²) in [7, 11) is 0. The number of hydrogen-bond acceptors (Lipinski definition) is 2. The van der Waals surface area contributed by atoms with Crippen LogP contribution in [-0.2, 0) is 4.74 Å². The molecule has 0 radical (unpaired) electrons. The summed E-state index contributed by atoms with van der Waals surface area (Å²) in [4.78, 5) is 0. The van der Waals surface area contributed by atoms with Gasteiger partial charge in [0, 0.05) is 11.8 Å². The molecule has 0 heterocycles. The van der Waals surface area contributed by atoms with Crippen molar-refractivity contribution in [2.75, 3.05) is 12.5 Å². The predicted octanol–water partition coefficient (Wildman–Crippen LogP) is 5.30. The number of halogens is 1. The Bertz CT molecular complexity index is 536.